The molecule has 2 aromatic carbocycles. The predicted molar refractivity (Wildman–Crippen MR) is 102 cm³/mol. The Kier molecular flexibility index (Phi) is 5.69. The second kappa shape index (κ2) is 8.34. The van der Waals surface area contributed by atoms with E-state index in [0.29, 0.717) is 17.9 Å². The molecule has 1 unspecified atom stereocenters. The first-order chi connectivity index (χ1) is 12.7. The van der Waals surface area contributed by atoms with Gasteiger partial charge in [-0.05, 0) is 37.1 Å². The number of carbonyl (C=O) groups is 1. The number of benzene rings is 2. The smallest absolute Gasteiger partial charge is 0.252 e. The molecule has 5 nitrogen and oxygen atoms in total. The van der Waals surface area contributed by atoms with Crippen LogP contribution in [0.5, 0.6) is 5.75 Å². The Hall–Kier alpha value is -3.08. The van der Waals surface area contributed by atoms with E-state index in [-0.39, 0.29) is 11.9 Å². The summed E-state index contributed by atoms with van der Waals surface area (Å²) in [7, 11) is 0. The lowest BCUT2D eigenvalue weighted by Gasteiger charge is -2.15. The van der Waals surface area contributed by atoms with Crippen LogP contribution in [-0.4, -0.2) is 22.5 Å². The van der Waals surface area contributed by atoms with E-state index in [1.54, 1.807) is 18.3 Å². The van der Waals surface area contributed by atoms with Gasteiger partial charge in [0.1, 0.15) is 11.6 Å². The van der Waals surface area contributed by atoms with Gasteiger partial charge in [-0.15, -0.1) is 0 Å². The summed E-state index contributed by atoms with van der Waals surface area (Å²) in [5, 5.41) is 3.05. The van der Waals surface area contributed by atoms with Crippen molar-refractivity contribution in [2.45, 2.75) is 26.3 Å². The third kappa shape index (κ3) is 4.11. The van der Waals surface area contributed by atoms with Crippen LogP contribution in [0.15, 0.2) is 60.8 Å². The Morgan fingerprint density at radius 3 is 2.69 bits per heavy atom. The highest BCUT2D eigenvalue weighted by molar-refractivity contribution is 5.94. The lowest BCUT2D eigenvalue weighted by atomic mass is 10.1. The number of hydrogen-bond acceptors (Lipinski definition) is 3. The zero-order valence-electron chi connectivity index (χ0n) is 15.0. The fourth-order valence-electron chi connectivity index (χ4n) is 2.78. The fraction of sp³-hybridized carbons (Fsp3) is 0.238. The van der Waals surface area contributed by atoms with Crippen molar-refractivity contribution in [3.8, 4) is 17.0 Å². The molecule has 1 amide bonds. The maximum absolute atomic E-state index is 12.6. The second-order valence-electron chi connectivity index (χ2n) is 5.94. The van der Waals surface area contributed by atoms with Crippen LogP contribution in [0, 0.1) is 0 Å². The summed E-state index contributed by atoms with van der Waals surface area (Å²) in [4.78, 5) is 20.4. The number of nitrogens with zero attached hydrogens (tertiary/aromatic N) is 1. The molecule has 26 heavy (non-hydrogen) atoms. The number of H-pyrrole nitrogens is 1. The largest absolute Gasteiger partial charge is 0.494 e. The number of aromatic amines is 1. The average molecular weight is 349 g/mol. The van der Waals surface area contributed by atoms with Crippen molar-refractivity contribution < 1.29 is 9.53 Å². The molecule has 3 aromatic rings. The van der Waals surface area contributed by atoms with Gasteiger partial charge in [-0.3, -0.25) is 4.79 Å². The molecule has 0 spiro atoms. The summed E-state index contributed by atoms with van der Waals surface area (Å²) in [5.41, 5.74) is 2.58. The maximum Gasteiger partial charge on any atom is 0.252 e. The van der Waals surface area contributed by atoms with E-state index in [1.165, 1.54) is 0 Å². The minimum Gasteiger partial charge on any atom is -0.494 e. The fourth-order valence-corrected chi connectivity index (χ4v) is 2.78. The first kappa shape index (κ1) is 17.7. The quantitative estimate of drug-likeness (QED) is 0.666. The van der Waals surface area contributed by atoms with Crippen molar-refractivity contribution in [1.29, 1.82) is 0 Å². The Morgan fingerprint density at radius 1 is 1.15 bits per heavy atom. The molecule has 2 N–H and O–H groups in total. The van der Waals surface area contributed by atoms with Gasteiger partial charge >= 0.3 is 0 Å². The van der Waals surface area contributed by atoms with Gasteiger partial charge in [-0.2, -0.15) is 0 Å². The summed E-state index contributed by atoms with van der Waals surface area (Å²) < 4.78 is 5.47. The SMILES string of the molecule is CCOc1cccc(C(=O)NC(CC)c2ncc(-c3ccccc3)[nH]2)c1. The van der Waals surface area contributed by atoms with Gasteiger partial charge in [0, 0.05) is 5.56 Å². The monoisotopic (exact) mass is 349 g/mol. The number of carbonyl (C=O) groups excluding carboxylic acids is 1. The summed E-state index contributed by atoms with van der Waals surface area (Å²) >= 11 is 0. The van der Waals surface area contributed by atoms with Crippen LogP contribution in [0.3, 0.4) is 0 Å². The summed E-state index contributed by atoms with van der Waals surface area (Å²) in [5.74, 6) is 1.30. The van der Waals surface area contributed by atoms with E-state index < -0.39 is 0 Å². The average Bonchev–Trinajstić information content (AvgIpc) is 3.17. The van der Waals surface area contributed by atoms with Crippen molar-refractivity contribution >= 4 is 5.91 Å². The Bertz CT molecular complexity index is 858. The van der Waals surface area contributed by atoms with Gasteiger partial charge in [0.15, 0.2) is 0 Å². The highest BCUT2D eigenvalue weighted by Gasteiger charge is 2.17. The number of rotatable bonds is 7. The summed E-state index contributed by atoms with van der Waals surface area (Å²) in [6.07, 6.45) is 2.54. The molecule has 0 radical (unpaired) electrons. The van der Waals surface area contributed by atoms with Crippen LogP contribution in [0.1, 0.15) is 42.5 Å². The molecule has 0 bridgehead atoms. The third-order valence-corrected chi connectivity index (χ3v) is 4.13. The molecule has 0 aliphatic carbocycles. The minimum atomic E-state index is -0.185. The number of ether oxygens (including phenoxy) is 1. The van der Waals surface area contributed by atoms with Crippen LogP contribution < -0.4 is 10.1 Å². The molecule has 0 saturated carbocycles. The highest BCUT2D eigenvalue weighted by atomic mass is 16.5. The molecular formula is C21H23N3O2. The van der Waals surface area contributed by atoms with Gasteiger partial charge in [-0.1, -0.05) is 43.3 Å². The van der Waals surface area contributed by atoms with Crippen LogP contribution >= 0.6 is 0 Å². The molecule has 0 saturated heterocycles. The van der Waals surface area contributed by atoms with E-state index in [0.717, 1.165) is 23.5 Å². The van der Waals surface area contributed by atoms with Crippen LogP contribution in [0.25, 0.3) is 11.3 Å². The highest BCUT2D eigenvalue weighted by Crippen LogP contribution is 2.21. The van der Waals surface area contributed by atoms with Crippen molar-refractivity contribution in [3.05, 3.63) is 72.2 Å². The molecule has 1 heterocycles. The molecule has 1 atom stereocenters. The normalized spacial score (nSPS) is 11.8. The summed E-state index contributed by atoms with van der Waals surface area (Å²) in [6.45, 7) is 4.50. The van der Waals surface area contributed by atoms with Crippen molar-refractivity contribution in [2.75, 3.05) is 6.61 Å². The number of amides is 1. The zero-order chi connectivity index (χ0) is 18.4. The Labute approximate surface area is 153 Å². The lowest BCUT2D eigenvalue weighted by Crippen LogP contribution is -2.28. The predicted octanol–water partition coefficient (Wildman–Crippen LogP) is 4.36. The molecular weight excluding hydrogens is 326 g/mol. The summed E-state index contributed by atoms with van der Waals surface area (Å²) in [6, 6.07) is 17.0. The van der Waals surface area contributed by atoms with E-state index in [1.807, 2.05) is 56.3 Å². The van der Waals surface area contributed by atoms with Crippen molar-refractivity contribution in [2.24, 2.45) is 0 Å². The van der Waals surface area contributed by atoms with Crippen LogP contribution in [0.4, 0.5) is 0 Å². The topological polar surface area (TPSA) is 67.0 Å². The molecule has 1 aromatic heterocycles. The Balaban J connectivity index is 1.74. The van der Waals surface area contributed by atoms with Gasteiger partial charge in [0.05, 0.1) is 24.5 Å². The number of aromatic nitrogens is 2. The van der Waals surface area contributed by atoms with Gasteiger partial charge in [0.2, 0.25) is 0 Å². The first-order valence-electron chi connectivity index (χ1n) is 8.85. The molecule has 5 heteroatoms. The first-order valence-corrected chi connectivity index (χ1v) is 8.85. The van der Waals surface area contributed by atoms with E-state index >= 15 is 0 Å². The standard InChI is InChI=1S/C21H23N3O2/c1-3-18(20-22-14-19(23-20)15-9-6-5-7-10-15)24-21(25)16-11-8-12-17(13-16)26-4-2/h5-14,18H,3-4H2,1-2H3,(H,22,23)(H,24,25). The molecule has 134 valence electrons. The number of imidazole rings is 1. The molecule has 3 rings (SSSR count). The van der Waals surface area contributed by atoms with Gasteiger partial charge in [-0.25, -0.2) is 4.98 Å². The van der Waals surface area contributed by atoms with Gasteiger partial charge < -0.3 is 15.0 Å². The lowest BCUT2D eigenvalue weighted by molar-refractivity contribution is 0.0933. The van der Waals surface area contributed by atoms with E-state index in [4.69, 9.17) is 4.74 Å². The van der Waals surface area contributed by atoms with E-state index in [2.05, 4.69) is 15.3 Å². The van der Waals surface area contributed by atoms with Crippen molar-refractivity contribution in [3.63, 3.8) is 0 Å². The van der Waals surface area contributed by atoms with E-state index in [9.17, 15) is 4.79 Å². The van der Waals surface area contributed by atoms with Crippen LogP contribution in [-0.2, 0) is 0 Å². The second-order valence-corrected chi connectivity index (χ2v) is 5.94. The maximum atomic E-state index is 12.6. The number of nitrogens with one attached hydrogen (secondary N) is 2. The van der Waals surface area contributed by atoms with Crippen LogP contribution in [0.2, 0.25) is 0 Å². The zero-order valence-corrected chi connectivity index (χ0v) is 15.0. The molecule has 0 fully saturated rings. The minimum absolute atomic E-state index is 0.143. The molecule has 0 aliphatic rings. The third-order valence-electron chi connectivity index (χ3n) is 4.13. The Morgan fingerprint density at radius 2 is 1.96 bits per heavy atom. The molecule has 0 aliphatic heterocycles. The number of hydrogen-bond donors (Lipinski definition) is 2. The van der Waals surface area contributed by atoms with Gasteiger partial charge in [0.25, 0.3) is 5.91 Å². The van der Waals surface area contributed by atoms with Crippen molar-refractivity contribution in [1.82, 2.24) is 15.3 Å².